The summed E-state index contributed by atoms with van der Waals surface area (Å²) in [5.74, 6) is 1.53. The van der Waals surface area contributed by atoms with Gasteiger partial charge in [0.05, 0.1) is 6.61 Å². The summed E-state index contributed by atoms with van der Waals surface area (Å²) in [7, 11) is 0. The van der Waals surface area contributed by atoms with Crippen molar-refractivity contribution in [3.05, 3.63) is 0 Å². The molecule has 116 valence electrons. The molecule has 0 radical (unpaired) electrons. The van der Waals surface area contributed by atoms with Gasteiger partial charge in [-0.25, -0.2) is 0 Å². The number of aliphatic hydroxyl groups excluding tert-OH is 1. The van der Waals surface area contributed by atoms with Gasteiger partial charge in [0, 0.05) is 38.5 Å². The molecule has 2 unspecified atom stereocenters. The minimum absolute atomic E-state index is 0.249. The molecule has 0 spiro atoms. The highest BCUT2D eigenvalue weighted by molar-refractivity contribution is 5.81. The third-order valence-corrected chi connectivity index (χ3v) is 5.03. The SMILES string of the molecule is CCC1CCC(=O)C(CN2CCCN(CCO)CC2)C1. The molecule has 0 aromatic rings. The Morgan fingerprint density at radius 1 is 1.20 bits per heavy atom. The third-order valence-electron chi connectivity index (χ3n) is 5.03. The predicted octanol–water partition coefficient (Wildman–Crippen LogP) is 1.38. The Morgan fingerprint density at radius 2 is 1.95 bits per heavy atom. The molecule has 1 aliphatic heterocycles. The van der Waals surface area contributed by atoms with Crippen LogP contribution in [0.1, 0.15) is 39.0 Å². The van der Waals surface area contributed by atoms with Gasteiger partial charge in [-0.05, 0) is 38.3 Å². The Hall–Kier alpha value is -0.450. The lowest BCUT2D eigenvalue weighted by atomic mass is 9.79. The molecule has 1 heterocycles. The molecule has 20 heavy (non-hydrogen) atoms. The minimum Gasteiger partial charge on any atom is -0.395 e. The van der Waals surface area contributed by atoms with Gasteiger partial charge in [0.2, 0.25) is 0 Å². The molecule has 2 aliphatic rings. The number of Topliss-reactive ketones (excluding diaryl/α,β-unsaturated/α-hetero) is 1. The Labute approximate surface area is 123 Å². The van der Waals surface area contributed by atoms with Crippen LogP contribution in [0.2, 0.25) is 0 Å². The average Bonchev–Trinajstić information content (AvgIpc) is 2.67. The van der Waals surface area contributed by atoms with E-state index in [4.69, 9.17) is 5.11 Å². The molecule has 0 aromatic heterocycles. The number of nitrogens with zero attached hydrogens (tertiary/aromatic N) is 2. The van der Waals surface area contributed by atoms with Crippen molar-refractivity contribution >= 4 is 5.78 Å². The molecular weight excluding hydrogens is 252 g/mol. The number of β-amino-alcohol motifs (C(OH)–C–C–N with tert-alkyl or cyclic N) is 1. The van der Waals surface area contributed by atoms with Crippen molar-refractivity contribution in [1.82, 2.24) is 9.80 Å². The molecule has 2 rings (SSSR count). The van der Waals surface area contributed by atoms with Gasteiger partial charge in [-0.15, -0.1) is 0 Å². The first-order chi connectivity index (χ1) is 9.72. The number of carbonyl (C=O) groups excluding carboxylic acids is 1. The maximum atomic E-state index is 12.1. The summed E-state index contributed by atoms with van der Waals surface area (Å²) < 4.78 is 0. The quantitative estimate of drug-likeness (QED) is 0.827. The molecule has 1 saturated carbocycles. The topological polar surface area (TPSA) is 43.8 Å². The lowest BCUT2D eigenvalue weighted by Gasteiger charge is -2.31. The van der Waals surface area contributed by atoms with E-state index in [-0.39, 0.29) is 12.5 Å². The van der Waals surface area contributed by atoms with E-state index in [0.29, 0.717) is 5.78 Å². The zero-order chi connectivity index (χ0) is 14.4. The van der Waals surface area contributed by atoms with E-state index < -0.39 is 0 Å². The fourth-order valence-corrected chi connectivity index (χ4v) is 3.63. The lowest BCUT2D eigenvalue weighted by molar-refractivity contribution is -0.126. The summed E-state index contributed by atoms with van der Waals surface area (Å²) in [5, 5.41) is 9.03. The molecule has 0 amide bonds. The van der Waals surface area contributed by atoms with E-state index >= 15 is 0 Å². The molecule has 1 aliphatic carbocycles. The van der Waals surface area contributed by atoms with Gasteiger partial charge < -0.3 is 10.0 Å². The zero-order valence-electron chi connectivity index (χ0n) is 12.9. The van der Waals surface area contributed by atoms with Crippen LogP contribution in [-0.2, 0) is 4.79 Å². The average molecular weight is 282 g/mol. The van der Waals surface area contributed by atoms with Crippen molar-refractivity contribution in [2.24, 2.45) is 11.8 Å². The van der Waals surface area contributed by atoms with Gasteiger partial charge in [-0.2, -0.15) is 0 Å². The van der Waals surface area contributed by atoms with Crippen LogP contribution >= 0.6 is 0 Å². The fraction of sp³-hybridized carbons (Fsp3) is 0.938. The van der Waals surface area contributed by atoms with E-state index in [0.717, 1.165) is 70.9 Å². The standard InChI is InChI=1S/C16H30N2O2/c1-2-14-4-5-16(20)15(12-14)13-18-7-3-6-17(8-9-18)10-11-19/h14-15,19H,2-13H2,1H3. The summed E-state index contributed by atoms with van der Waals surface area (Å²) in [6, 6.07) is 0. The summed E-state index contributed by atoms with van der Waals surface area (Å²) >= 11 is 0. The number of aliphatic hydroxyl groups is 1. The van der Waals surface area contributed by atoms with E-state index in [9.17, 15) is 4.79 Å². The van der Waals surface area contributed by atoms with Gasteiger partial charge in [-0.3, -0.25) is 9.69 Å². The van der Waals surface area contributed by atoms with Gasteiger partial charge in [0.1, 0.15) is 5.78 Å². The Kier molecular flexibility index (Phi) is 6.46. The first-order valence-corrected chi connectivity index (χ1v) is 8.31. The van der Waals surface area contributed by atoms with Gasteiger partial charge in [0.15, 0.2) is 0 Å². The smallest absolute Gasteiger partial charge is 0.137 e. The van der Waals surface area contributed by atoms with Crippen molar-refractivity contribution in [3.8, 4) is 0 Å². The van der Waals surface area contributed by atoms with Gasteiger partial charge >= 0.3 is 0 Å². The van der Waals surface area contributed by atoms with Gasteiger partial charge in [0.25, 0.3) is 0 Å². The molecule has 2 fully saturated rings. The third kappa shape index (κ3) is 4.54. The number of hydrogen-bond donors (Lipinski definition) is 1. The van der Waals surface area contributed by atoms with Crippen LogP contribution in [0.5, 0.6) is 0 Å². The van der Waals surface area contributed by atoms with Crippen LogP contribution in [0.25, 0.3) is 0 Å². The van der Waals surface area contributed by atoms with E-state index in [1.54, 1.807) is 0 Å². The van der Waals surface area contributed by atoms with Crippen molar-refractivity contribution in [2.45, 2.75) is 39.0 Å². The van der Waals surface area contributed by atoms with Crippen LogP contribution < -0.4 is 0 Å². The maximum Gasteiger partial charge on any atom is 0.137 e. The Morgan fingerprint density at radius 3 is 2.70 bits per heavy atom. The summed E-state index contributed by atoms with van der Waals surface area (Å²) in [6.07, 6.45) is 5.38. The predicted molar refractivity (Wildman–Crippen MR) is 80.7 cm³/mol. The summed E-state index contributed by atoms with van der Waals surface area (Å²) in [6.45, 7) is 8.49. The Balaban J connectivity index is 1.81. The Bertz CT molecular complexity index is 309. The van der Waals surface area contributed by atoms with Crippen molar-refractivity contribution < 1.29 is 9.90 Å². The normalized spacial score (nSPS) is 30.4. The second kappa shape index (κ2) is 8.11. The molecule has 4 heteroatoms. The molecule has 2 atom stereocenters. The van der Waals surface area contributed by atoms with E-state index in [1.807, 2.05) is 0 Å². The highest BCUT2D eigenvalue weighted by Gasteiger charge is 2.29. The van der Waals surface area contributed by atoms with Crippen molar-refractivity contribution in [2.75, 3.05) is 45.9 Å². The van der Waals surface area contributed by atoms with Crippen LogP contribution in [0.4, 0.5) is 0 Å². The molecule has 0 bridgehead atoms. The highest BCUT2D eigenvalue weighted by atomic mass is 16.3. The number of hydrogen-bond acceptors (Lipinski definition) is 4. The van der Waals surface area contributed by atoms with Gasteiger partial charge in [-0.1, -0.05) is 13.3 Å². The molecule has 1 N–H and O–H groups in total. The molecule has 4 nitrogen and oxygen atoms in total. The number of rotatable bonds is 5. The lowest BCUT2D eigenvalue weighted by Crippen LogP contribution is -2.39. The minimum atomic E-state index is 0.249. The van der Waals surface area contributed by atoms with E-state index in [2.05, 4.69) is 16.7 Å². The monoisotopic (exact) mass is 282 g/mol. The summed E-state index contributed by atoms with van der Waals surface area (Å²) in [5.41, 5.74) is 0. The second-order valence-corrected chi connectivity index (χ2v) is 6.43. The van der Waals surface area contributed by atoms with Crippen molar-refractivity contribution in [3.63, 3.8) is 0 Å². The fourth-order valence-electron chi connectivity index (χ4n) is 3.63. The maximum absolute atomic E-state index is 12.1. The number of carbonyl (C=O) groups is 1. The van der Waals surface area contributed by atoms with Crippen molar-refractivity contribution in [1.29, 1.82) is 0 Å². The second-order valence-electron chi connectivity index (χ2n) is 6.43. The van der Waals surface area contributed by atoms with Crippen LogP contribution in [0.3, 0.4) is 0 Å². The van der Waals surface area contributed by atoms with Crippen LogP contribution in [-0.4, -0.2) is 66.6 Å². The zero-order valence-corrected chi connectivity index (χ0v) is 12.9. The summed E-state index contributed by atoms with van der Waals surface area (Å²) in [4.78, 5) is 16.9. The molecule has 0 aromatic carbocycles. The molecular formula is C16H30N2O2. The van der Waals surface area contributed by atoms with Crippen LogP contribution in [0, 0.1) is 11.8 Å². The van der Waals surface area contributed by atoms with E-state index in [1.165, 1.54) is 6.42 Å². The largest absolute Gasteiger partial charge is 0.395 e. The highest BCUT2D eigenvalue weighted by Crippen LogP contribution is 2.29. The first kappa shape index (κ1) is 15.9. The molecule has 1 saturated heterocycles. The number of ketones is 1. The van der Waals surface area contributed by atoms with Crippen LogP contribution in [0.15, 0.2) is 0 Å². The first-order valence-electron chi connectivity index (χ1n) is 8.31.